The molecule has 0 aliphatic heterocycles. The topological polar surface area (TPSA) is 101 Å². The first-order valence-corrected chi connectivity index (χ1v) is 13.0. The molecule has 2 heterocycles. The Morgan fingerprint density at radius 2 is 1.73 bits per heavy atom. The van der Waals surface area contributed by atoms with E-state index in [1.807, 2.05) is 36.4 Å². The number of carbonyl (C=O) groups excluding carboxylic acids is 2. The second kappa shape index (κ2) is 10.0. The molecule has 186 valence electrons. The largest absolute Gasteiger partial charge is 0.448 e. The van der Waals surface area contributed by atoms with Crippen LogP contribution in [0.4, 0.5) is 5.00 Å². The van der Waals surface area contributed by atoms with Crippen LogP contribution in [0.25, 0.3) is 21.9 Å². The molecule has 1 N–H and O–H groups in total. The highest BCUT2D eigenvalue weighted by atomic mass is 32.1. The minimum Gasteiger partial charge on any atom is -0.448 e. The van der Waals surface area contributed by atoms with E-state index < -0.39 is 18.0 Å². The van der Waals surface area contributed by atoms with Gasteiger partial charge in [-0.2, -0.15) is 5.26 Å². The average Bonchev–Trinajstić information content (AvgIpc) is 3.27. The molecule has 0 bridgehead atoms. The molecule has 2 aromatic heterocycles. The van der Waals surface area contributed by atoms with Gasteiger partial charge in [-0.15, -0.1) is 11.3 Å². The average molecular weight is 512 g/mol. The number of fused-ring (bicyclic) bond motifs is 2. The van der Waals surface area contributed by atoms with Crippen molar-refractivity contribution < 1.29 is 14.3 Å². The summed E-state index contributed by atoms with van der Waals surface area (Å²) in [6.07, 6.45) is 2.66. The van der Waals surface area contributed by atoms with Gasteiger partial charge in [-0.1, -0.05) is 48.5 Å². The molecule has 0 spiro atoms. The lowest BCUT2D eigenvalue weighted by Crippen LogP contribution is -2.32. The Hall–Kier alpha value is -4.22. The molecule has 0 saturated carbocycles. The molecule has 1 aliphatic carbocycles. The predicted molar refractivity (Wildman–Crippen MR) is 144 cm³/mol. The summed E-state index contributed by atoms with van der Waals surface area (Å²) in [6, 6.07) is 18.6. The molecular formula is C29H25N3O4S. The summed E-state index contributed by atoms with van der Waals surface area (Å²) in [6.45, 7) is 1.48. The first-order valence-electron chi connectivity index (χ1n) is 12.1. The van der Waals surface area contributed by atoms with Gasteiger partial charge in [0.25, 0.3) is 11.5 Å². The number of pyridine rings is 1. The normalized spacial score (nSPS) is 13.4. The Kier molecular flexibility index (Phi) is 6.64. The molecule has 7 nitrogen and oxygen atoms in total. The molecule has 1 amide bonds. The van der Waals surface area contributed by atoms with E-state index in [2.05, 4.69) is 11.4 Å². The van der Waals surface area contributed by atoms with E-state index in [4.69, 9.17) is 4.74 Å². The first kappa shape index (κ1) is 24.5. The third-order valence-electron chi connectivity index (χ3n) is 6.73. The van der Waals surface area contributed by atoms with Crippen LogP contribution < -0.4 is 10.9 Å². The standard InChI is InChI=1S/C29H25N3O4S/c1-17(26(33)31-27-22(16-30)19-12-8-9-15-23(19)37-27)36-29(35)25-24(18-10-4-3-5-11-18)20-13-6-7-14-21(20)28(34)32(25)2/h3-7,10-11,13-14,17H,8-9,12,15H2,1-2H3,(H,31,33). The SMILES string of the molecule is CC(OC(=O)c1c(-c2ccccc2)c2ccccc2c(=O)n1C)C(=O)Nc1sc2c(c1C#N)CCCC2. The van der Waals surface area contributed by atoms with Crippen molar-refractivity contribution in [1.29, 1.82) is 5.26 Å². The summed E-state index contributed by atoms with van der Waals surface area (Å²) in [5, 5.41) is 14.1. The lowest BCUT2D eigenvalue weighted by molar-refractivity contribution is -0.123. The van der Waals surface area contributed by atoms with Gasteiger partial charge in [0.2, 0.25) is 0 Å². The quantitative estimate of drug-likeness (QED) is 0.371. The summed E-state index contributed by atoms with van der Waals surface area (Å²) >= 11 is 1.41. The van der Waals surface area contributed by atoms with Crippen LogP contribution in [0.3, 0.4) is 0 Å². The van der Waals surface area contributed by atoms with Crippen molar-refractivity contribution in [3.05, 3.63) is 86.6 Å². The van der Waals surface area contributed by atoms with Crippen LogP contribution >= 0.6 is 11.3 Å². The summed E-state index contributed by atoms with van der Waals surface area (Å²) in [5.74, 6) is -1.31. The maximum Gasteiger partial charge on any atom is 0.356 e. The molecule has 0 radical (unpaired) electrons. The number of aromatic nitrogens is 1. The molecule has 1 atom stereocenters. The lowest BCUT2D eigenvalue weighted by atomic mass is 9.96. The molecular weight excluding hydrogens is 486 g/mol. The van der Waals surface area contributed by atoms with Crippen LogP contribution in [0.2, 0.25) is 0 Å². The minimum atomic E-state index is -1.15. The maximum absolute atomic E-state index is 13.5. The number of carbonyl (C=O) groups is 2. The molecule has 1 aliphatic rings. The highest BCUT2D eigenvalue weighted by molar-refractivity contribution is 7.16. The van der Waals surface area contributed by atoms with Crippen molar-refractivity contribution >= 4 is 39.0 Å². The summed E-state index contributed by atoms with van der Waals surface area (Å²) in [5.41, 5.74) is 2.56. The maximum atomic E-state index is 13.5. The smallest absolute Gasteiger partial charge is 0.356 e. The molecule has 2 aromatic carbocycles. The number of nitriles is 1. The third kappa shape index (κ3) is 4.43. The number of nitrogens with one attached hydrogen (secondary N) is 1. The molecule has 0 fully saturated rings. The van der Waals surface area contributed by atoms with E-state index in [1.165, 1.54) is 29.9 Å². The molecule has 8 heteroatoms. The predicted octanol–water partition coefficient (Wildman–Crippen LogP) is 5.20. The van der Waals surface area contributed by atoms with Gasteiger partial charge in [-0.25, -0.2) is 4.79 Å². The Bertz CT molecular complexity index is 1630. The first-order chi connectivity index (χ1) is 17.9. The van der Waals surface area contributed by atoms with Gasteiger partial charge < -0.3 is 14.6 Å². The van der Waals surface area contributed by atoms with Crippen LogP contribution in [-0.2, 0) is 29.4 Å². The number of benzene rings is 2. The van der Waals surface area contributed by atoms with Crippen molar-refractivity contribution in [3.8, 4) is 17.2 Å². The summed E-state index contributed by atoms with van der Waals surface area (Å²) in [7, 11) is 1.53. The van der Waals surface area contributed by atoms with Gasteiger partial charge in [0.05, 0.1) is 5.56 Å². The number of aryl methyl sites for hydroxylation is 1. The van der Waals surface area contributed by atoms with Crippen molar-refractivity contribution in [2.24, 2.45) is 7.05 Å². The Labute approximate surface area is 217 Å². The Morgan fingerprint density at radius 3 is 2.46 bits per heavy atom. The van der Waals surface area contributed by atoms with Gasteiger partial charge in [-0.3, -0.25) is 9.59 Å². The lowest BCUT2D eigenvalue weighted by Gasteiger charge is -2.19. The number of anilines is 1. The number of nitrogens with zero attached hydrogens (tertiary/aromatic N) is 2. The number of ether oxygens (including phenoxy) is 1. The van der Waals surface area contributed by atoms with Crippen LogP contribution in [0.1, 0.15) is 46.3 Å². The number of esters is 1. The van der Waals surface area contributed by atoms with Crippen LogP contribution in [0.15, 0.2) is 59.4 Å². The van der Waals surface area contributed by atoms with Crippen LogP contribution in [0, 0.1) is 11.3 Å². The van der Waals surface area contributed by atoms with E-state index >= 15 is 0 Å². The van der Waals surface area contributed by atoms with E-state index in [1.54, 1.807) is 18.2 Å². The summed E-state index contributed by atoms with van der Waals surface area (Å²) < 4.78 is 6.88. The van der Waals surface area contributed by atoms with Crippen molar-refractivity contribution in [2.45, 2.75) is 38.7 Å². The second-order valence-corrected chi connectivity index (χ2v) is 10.2. The fraction of sp³-hybridized carbons (Fsp3) is 0.241. The molecule has 4 aromatic rings. The van der Waals surface area contributed by atoms with E-state index in [0.29, 0.717) is 26.9 Å². The third-order valence-corrected chi connectivity index (χ3v) is 7.94. The van der Waals surface area contributed by atoms with Gasteiger partial charge in [-0.05, 0) is 55.2 Å². The van der Waals surface area contributed by atoms with E-state index in [-0.39, 0.29) is 11.3 Å². The Morgan fingerprint density at radius 1 is 1.05 bits per heavy atom. The van der Waals surface area contributed by atoms with Crippen LogP contribution in [-0.4, -0.2) is 22.5 Å². The van der Waals surface area contributed by atoms with Crippen molar-refractivity contribution in [2.75, 3.05) is 5.32 Å². The van der Waals surface area contributed by atoms with Crippen molar-refractivity contribution in [3.63, 3.8) is 0 Å². The fourth-order valence-electron chi connectivity index (χ4n) is 4.86. The number of rotatable bonds is 5. The zero-order chi connectivity index (χ0) is 26.1. The number of hydrogen-bond donors (Lipinski definition) is 1. The second-order valence-electron chi connectivity index (χ2n) is 9.06. The number of thiophene rings is 1. The van der Waals surface area contributed by atoms with Gasteiger partial charge in [0, 0.05) is 22.9 Å². The van der Waals surface area contributed by atoms with Crippen LogP contribution in [0.5, 0.6) is 0 Å². The van der Waals surface area contributed by atoms with E-state index in [0.717, 1.165) is 41.7 Å². The number of hydrogen-bond acceptors (Lipinski definition) is 6. The molecule has 5 rings (SSSR count). The monoisotopic (exact) mass is 511 g/mol. The van der Waals surface area contributed by atoms with Gasteiger partial charge in [0.1, 0.15) is 16.8 Å². The minimum absolute atomic E-state index is 0.0684. The molecule has 1 unspecified atom stereocenters. The van der Waals surface area contributed by atoms with Gasteiger partial charge in [0.15, 0.2) is 6.10 Å². The van der Waals surface area contributed by atoms with Gasteiger partial charge >= 0.3 is 5.97 Å². The molecule has 0 saturated heterocycles. The summed E-state index contributed by atoms with van der Waals surface area (Å²) in [4.78, 5) is 40.8. The fourth-order valence-corrected chi connectivity index (χ4v) is 6.10. The highest BCUT2D eigenvalue weighted by Crippen LogP contribution is 2.38. The Balaban J connectivity index is 1.48. The zero-order valence-electron chi connectivity index (χ0n) is 20.5. The zero-order valence-corrected chi connectivity index (χ0v) is 21.4. The highest BCUT2D eigenvalue weighted by Gasteiger charge is 2.28. The van der Waals surface area contributed by atoms with E-state index in [9.17, 15) is 19.6 Å². The number of amides is 1. The van der Waals surface area contributed by atoms with Crippen molar-refractivity contribution in [1.82, 2.24) is 4.57 Å². The molecule has 37 heavy (non-hydrogen) atoms.